The molecule has 2 heterocycles. The van der Waals surface area contributed by atoms with Gasteiger partial charge < -0.3 is 19.8 Å². The molecule has 0 aliphatic carbocycles. The number of rotatable bonds is 6. The Kier molecular flexibility index (Phi) is 5.55. The normalized spacial score (nSPS) is 10.9. The molecule has 0 aliphatic heterocycles. The number of ether oxygens (including phenoxy) is 2. The van der Waals surface area contributed by atoms with Crippen molar-refractivity contribution in [2.24, 2.45) is 7.05 Å². The van der Waals surface area contributed by atoms with Gasteiger partial charge in [-0.3, -0.25) is 14.3 Å². The Balaban J connectivity index is 1.63. The Hall–Kier alpha value is -3.91. The van der Waals surface area contributed by atoms with Gasteiger partial charge in [-0.05, 0) is 35.9 Å². The molecular weight excluding hydrogens is 396 g/mol. The average molecular weight is 418 g/mol. The number of aryl methyl sites for hydroxylation is 1. The van der Waals surface area contributed by atoms with Crippen LogP contribution in [-0.4, -0.2) is 34.9 Å². The highest BCUT2D eigenvalue weighted by molar-refractivity contribution is 6.04. The lowest BCUT2D eigenvalue weighted by atomic mass is 10.1. The van der Waals surface area contributed by atoms with Crippen LogP contribution in [0.1, 0.15) is 16.1 Å². The Bertz CT molecular complexity index is 1320. The minimum atomic E-state index is -0.314. The number of nitrogens with zero attached hydrogens (tertiary/aromatic N) is 2. The maximum atomic E-state index is 12.9. The fourth-order valence-corrected chi connectivity index (χ4v) is 3.55. The number of hydrogen-bond acceptors (Lipinski definition) is 5. The lowest BCUT2D eigenvalue weighted by molar-refractivity contribution is 0.101. The van der Waals surface area contributed by atoms with Gasteiger partial charge in [0, 0.05) is 36.9 Å². The molecule has 0 spiro atoms. The molecule has 0 fully saturated rings. The number of aromatic amines is 1. The summed E-state index contributed by atoms with van der Waals surface area (Å²) >= 11 is 0. The minimum absolute atomic E-state index is 0.226. The first kappa shape index (κ1) is 20.4. The number of nitrogens with one attached hydrogen (secondary N) is 2. The van der Waals surface area contributed by atoms with Gasteiger partial charge in [-0.1, -0.05) is 18.2 Å². The number of fused-ring (bicyclic) bond motifs is 1. The molecule has 0 unspecified atom stereocenters. The van der Waals surface area contributed by atoms with Gasteiger partial charge in [-0.15, -0.1) is 0 Å². The van der Waals surface area contributed by atoms with E-state index in [0.29, 0.717) is 34.9 Å². The van der Waals surface area contributed by atoms with Crippen LogP contribution in [0.4, 0.5) is 5.69 Å². The van der Waals surface area contributed by atoms with Crippen molar-refractivity contribution in [2.75, 3.05) is 19.5 Å². The summed E-state index contributed by atoms with van der Waals surface area (Å²) in [5.74, 6) is 0.365. The van der Waals surface area contributed by atoms with E-state index in [-0.39, 0.29) is 11.5 Å². The van der Waals surface area contributed by atoms with Crippen LogP contribution in [0.15, 0.2) is 59.4 Å². The molecule has 0 saturated heterocycles. The summed E-state index contributed by atoms with van der Waals surface area (Å²) in [6.45, 7) is 0.326. The molecule has 158 valence electrons. The molecule has 0 atom stereocenters. The molecule has 4 rings (SSSR count). The standard InChI is InChI=1S/C23H22N4O4/c1-27-20(12-19(26-27)17-6-4-5-7-21(17)31-3)23(29)24-15-8-9-16-14(13-30-2)10-22(28)25-18(16)11-15/h4-12H,13H2,1-3H3,(H,24,29)(H,25,28). The number of H-pyrrole nitrogens is 1. The van der Waals surface area contributed by atoms with E-state index in [4.69, 9.17) is 9.47 Å². The smallest absolute Gasteiger partial charge is 0.273 e. The molecule has 4 aromatic rings. The van der Waals surface area contributed by atoms with E-state index in [9.17, 15) is 9.59 Å². The highest BCUT2D eigenvalue weighted by Gasteiger charge is 2.17. The zero-order chi connectivity index (χ0) is 22.0. The summed E-state index contributed by atoms with van der Waals surface area (Å²) in [5.41, 5.74) is 3.57. The number of anilines is 1. The second-order valence-corrected chi connectivity index (χ2v) is 7.05. The zero-order valence-electron chi connectivity index (χ0n) is 17.4. The van der Waals surface area contributed by atoms with Crippen molar-refractivity contribution in [3.63, 3.8) is 0 Å². The number of benzene rings is 2. The molecule has 1 amide bonds. The van der Waals surface area contributed by atoms with Crippen LogP contribution in [0.3, 0.4) is 0 Å². The molecular formula is C23H22N4O4. The Morgan fingerprint density at radius 3 is 2.71 bits per heavy atom. The van der Waals surface area contributed by atoms with Gasteiger partial charge in [-0.25, -0.2) is 0 Å². The first-order valence-electron chi connectivity index (χ1n) is 9.64. The third kappa shape index (κ3) is 4.06. The number of methoxy groups -OCH3 is 2. The van der Waals surface area contributed by atoms with E-state index >= 15 is 0 Å². The molecule has 0 saturated carbocycles. The summed E-state index contributed by atoms with van der Waals surface area (Å²) in [4.78, 5) is 27.7. The van der Waals surface area contributed by atoms with Crippen molar-refractivity contribution in [2.45, 2.75) is 6.61 Å². The first-order valence-corrected chi connectivity index (χ1v) is 9.64. The SMILES string of the molecule is COCc1cc(=O)[nH]c2cc(NC(=O)c3cc(-c4ccccc4OC)nn3C)ccc12. The monoisotopic (exact) mass is 418 g/mol. The number of carbonyl (C=O) groups is 1. The summed E-state index contributed by atoms with van der Waals surface area (Å²) in [5, 5.41) is 8.19. The number of aromatic nitrogens is 3. The topological polar surface area (TPSA) is 98.2 Å². The van der Waals surface area contributed by atoms with E-state index < -0.39 is 0 Å². The van der Waals surface area contributed by atoms with Crippen LogP contribution >= 0.6 is 0 Å². The summed E-state index contributed by atoms with van der Waals surface area (Å²) in [6, 6.07) is 16.1. The van der Waals surface area contributed by atoms with E-state index in [0.717, 1.165) is 16.5 Å². The van der Waals surface area contributed by atoms with E-state index in [1.165, 1.54) is 10.7 Å². The molecule has 2 aromatic heterocycles. The molecule has 0 aliphatic rings. The van der Waals surface area contributed by atoms with Crippen molar-refractivity contribution < 1.29 is 14.3 Å². The second kappa shape index (κ2) is 8.45. The molecule has 2 N–H and O–H groups in total. The third-order valence-electron chi connectivity index (χ3n) is 4.98. The largest absolute Gasteiger partial charge is 0.496 e. The molecule has 0 bridgehead atoms. The molecule has 8 heteroatoms. The summed E-state index contributed by atoms with van der Waals surface area (Å²) in [7, 11) is 4.88. The van der Waals surface area contributed by atoms with Crippen LogP contribution in [0.2, 0.25) is 0 Å². The predicted octanol–water partition coefficient (Wildman–Crippen LogP) is 3.34. The molecule has 8 nitrogen and oxygen atoms in total. The first-order chi connectivity index (χ1) is 15.0. The van der Waals surface area contributed by atoms with Crippen molar-refractivity contribution in [3.8, 4) is 17.0 Å². The summed E-state index contributed by atoms with van der Waals surface area (Å²) in [6.07, 6.45) is 0. The van der Waals surface area contributed by atoms with Gasteiger partial charge in [-0.2, -0.15) is 5.10 Å². The highest BCUT2D eigenvalue weighted by atomic mass is 16.5. The predicted molar refractivity (Wildman–Crippen MR) is 118 cm³/mol. The lowest BCUT2D eigenvalue weighted by Gasteiger charge is -2.09. The van der Waals surface area contributed by atoms with E-state index in [2.05, 4.69) is 15.4 Å². The quantitative estimate of drug-likeness (QED) is 0.500. The number of carbonyl (C=O) groups excluding carboxylic acids is 1. The van der Waals surface area contributed by atoms with Crippen LogP contribution in [0, 0.1) is 0 Å². The van der Waals surface area contributed by atoms with E-state index in [1.54, 1.807) is 39.5 Å². The Morgan fingerprint density at radius 1 is 1.13 bits per heavy atom. The van der Waals surface area contributed by atoms with Crippen molar-refractivity contribution in [3.05, 3.63) is 76.2 Å². The van der Waals surface area contributed by atoms with Crippen molar-refractivity contribution in [1.82, 2.24) is 14.8 Å². The Morgan fingerprint density at radius 2 is 1.94 bits per heavy atom. The number of pyridine rings is 1. The van der Waals surface area contributed by atoms with Crippen LogP contribution in [0.5, 0.6) is 5.75 Å². The molecule has 2 aromatic carbocycles. The molecule has 31 heavy (non-hydrogen) atoms. The second-order valence-electron chi connectivity index (χ2n) is 7.05. The van der Waals surface area contributed by atoms with Crippen molar-refractivity contribution >= 4 is 22.5 Å². The fourth-order valence-electron chi connectivity index (χ4n) is 3.55. The number of amides is 1. The van der Waals surface area contributed by atoms with Crippen LogP contribution in [0.25, 0.3) is 22.2 Å². The van der Waals surface area contributed by atoms with Gasteiger partial charge in [0.1, 0.15) is 11.4 Å². The lowest BCUT2D eigenvalue weighted by Crippen LogP contribution is -2.16. The number of hydrogen-bond donors (Lipinski definition) is 2. The van der Waals surface area contributed by atoms with Crippen molar-refractivity contribution in [1.29, 1.82) is 0 Å². The van der Waals surface area contributed by atoms with Crippen LogP contribution < -0.4 is 15.6 Å². The number of para-hydroxylation sites is 1. The Labute approximate surface area is 178 Å². The van der Waals surface area contributed by atoms with Gasteiger partial charge in [0.15, 0.2) is 0 Å². The minimum Gasteiger partial charge on any atom is -0.496 e. The summed E-state index contributed by atoms with van der Waals surface area (Å²) < 4.78 is 12.1. The van der Waals surface area contributed by atoms with Gasteiger partial charge in [0.2, 0.25) is 5.56 Å². The maximum absolute atomic E-state index is 12.9. The third-order valence-corrected chi connectivity index (χ3v) is 4.98. The average Bonchev–Trinajstić information content (AvgIpc) is 3.15. The zero-order valence-corrected chi connectivity index (χ0v) is 17.4. The van der Waals surface area contributed by atoms with Gasteiger partial charge >= 0.3 is 0 Å². The van der Waals surface area contributed by atoms with Crippen LogP contribution in [-0.2, 0) is 18.4 Å². The van der Waals surface area contributed by atoms with Gasteiger partial charge in [0.25, 0.3) is 5.91 Å². The highest BCUT2D eigenvalue weighted by Crippen LogP contribution is 2.29. The van der Waals surface area contributed by atoms with Gasteiger partial charge in [0.05, 0.1) is 24.9 Å². The molecule has 0 radical (unpaired) electrons. The van der Waals surface area contributed by atoms with E-state index in [1.807, 2.05) is 30.3 Å². The maximum Gasteiger partial charge on any atom is 0.273 e. The fraction of sp³-hybridized carbons (Fsp3) is 0.174.